The lowest BCUT2D eigenvalue weighted by atomic mass is 10.2. The summed E-state index contributed by atoms with van der Waals surface area (Å²) < 4.78 is 27.1. The largest absolute Gasteiger partial charge is 0.384 e. The van der Waals surface area contributed by atoms with Gasteiger partial charge in [-0.2, -0.15) is 11.8 Å². The van der Waals surface area contributed by atoms with Crippen LogP contribution in [0.15, 0.2) is 29.2 Å². The zero-order valence-electron chi connectivity index (χ0n) is 11.6. The average Bonchev–Trinajstić information content (AvgIpc) is 2.42. The molecule has 0 aliphatic carbocycles. The molecule has 0 heterocycles. The molecule has 1 aromatic rings. The molecule has 0 fully saturated rings. The van der Waals surface area contributed by atoms with Gasteiger partial charge in [0.25, 0.3) is 0 Å². The third-order valence-corrected chi connectivity index (χ3v) is 4.80. The van der Waals surface area contributed by atoms with Crippen LogP contribution in [0.5, 0.6) is 0 Å². The van der Waals surface area contributed by atoms with Crippen molar-refractivity contribution in [3.05, 3.63) is 29.8 Å². The highest BCUT2D eigenvalue weighted by molar-refractivity contribution is 7.98. The van der Waals surface area contributed by atoms with Gasteiger partial charge in [-0.25, -0.2) is 13.1 Å². The third-order valence-electron chi connectivity index (χ3n) is 2.57. The van der Waals surface area contributed by atoms with E-state index in [0.29, 0.717) is 5.56 Å². The quantitative estimate of drug-likeness (QED) is 0.780. The number of rotatable bonds is 6. The highest BCUT2D eigenvalue weighted by Gasteiger charge is 2.17. The Balaban J connectivity index is 2.87. The average molecular weight is 313 g/mol. The van der Waals surface area contributed by atoms with Crippen molar-refractivity contribution < 1.29 is 13.5 Å². The van der Waals surface area contributed by atoms with Crippen molar-refractivity contribution in [3.8, 4) is 11.8 Å². The van der Waals surface area contributed by atoms with Gasteiger partial charge in [0.15, 0.2) is 0 Å². The van der Waals surface area contributed by atoms with Gasteiger partial charge in [-0.1, -0.05) is 17.9 Å². The first-order valence-electron chi connectivity index (χ1n) is 6.20. The molecule has 1 aromatic carbocycles. The lowest BCUT2D eigenvalue weighted by Crippen LogP contribution is -2.33. The molecule has 6 heteroatoms. The highest BCUT2D eigenvalue weighted by atomic mass is 32.2. The normalized spacial score (nSPS) is 12.6. The molecule has 20 heavy (non-hydrogen) atoms. The van der Waals surface area contributed by atoms with Gasteiger partial charge < -0.3 is 5.11 Å². The summed E-state index contributed by atoms with van der Waals surface area (Å²) in [6, 6.07) is 6.28. The summed E-state index contributed by atoms with van der Waals surface area (Å²) in [6.07, 6.45) is 2.77. The van der Waals surface area contributed by atoms with Crippen LogP contribution in [0.2, 0.25) is 0 Å². The molecule has 1 unspecified atom stereocenters. The molecule has 0 amide bonds. The molecule has 0 aromatic heterocycles. The van der Waals surface area contributed by atoms with E-state index in [9.17, 15) is 8.42 Å². The Morgan fingerprint density at radius 1 is 1.45 bits per heavy atom. The molecule has 2 N–H and O–H groups in total. The maximum atomic E-state index is 12.2. The number of hydrogen-bond donors (Lipinski definition) is 2. The van der Waals surface area contributed by atoms with Crippen LogP contribution in [-0.2, 0) is 10.0 Å². The van der Waals surface area contributed by atoms with Crippen molar-refractivity contribution in [3.63, 3.8) is 0 Å². The minimum Gasteiger partial charge on any atom is -0.384 e. The Labute approximate surface area is 125 Å². The van der Waals surface area contributed by atoms with Gasteiger partial charge in [0.05, 0.1) is 4.90 Å². The van der Waals surface area contributed by atoms with Gasteiger partial charge in [-0.05, 0) is 43.6 Å². The van der Waals surface area contributed by atoms with E-state index in [1.807, 2.05) is 13.2 Å². The van der Waals surface area contributed by atoms with Crippen molar-refractivity contribution in [2.75, 3.05) is 18.6 Å². The number of thioether (sulfide) groups is 1. The minimum absolute atomic E-state index is 0.111. The van der Waals surface area contributed by atoms with Crippen LogP contribution >= 0.6 is 11.8 Å². The lowest BCUT2D eigenvalue weighted by molar-refractivity contribution is 0.350. The molecule has 0 aliphatic heterocycles. The minimum atomic E-state index is -3.53. The number of aliphatic hydroxyl groups excluding tert-OH is 1. The number of aliphatic hydroxyl groups is 1. The summed E-state index contributed by atoms with van der Waals surface area (Å²) in [7, 11) is -3.53. The second-order valence-corrected chi connectivity index (χ2v) is 6.99. The fourth-order valence-corrected chi connectivity index (χ4v) is 3.48. The number of nitrogens with one attached hydrogen (secondary N) is 1. The van der Waals surface area contributed by atoms with Crippen LogP contribution in [0, 0.1) is 11.8 Å². The Morgan fingerprint density at radius 2 is 2.20 bits per heavy atom. The third kappa shape index (κ3) is 5.55. The van der Waals surface area contributed by atoms with Crippen molar-refractivity contribution in [2.24, 2.45) is 0 Å². The van der Waals surface area contributed by atoms with Gasteiger partial charge in [-0.3, -0.25) is 0 Å². The second kappa shape index (κ2) is 8.32. The first kappa shape index (κ1) is 17.1. The van der Waals surface area contributed by atoms with E-state index in [1.165, 1.54) is 12.1 Å². The first-order valence-corrected chi connectivity index (χ1v) is 9.08. The summed E-state index contributed by atoms with van der Waals surface area (Å²) in [4.78, 5) is 0.193. The summed E-state index contributed by atoms with van der Waals surface area (Å²) in [6.45, 7) is 1.60. The molecule has 0 saturated heterocycles. The Bertz CT molecular complexity index is 588. The first-order chi connectivity index (χ1) is 9.49. The smallest absolute Gasteiger partial charge is 0.240 e. The van der Waals surface area contributed by atoms with Crippen LogP contribution in [-0.4, -0.2) is 38.2 Å². The number of benzene rings is 1. The van der Waals surface area contributed by atoms with Crippen LogP contribution in [0.1, 0.15) is 18.9 Å². The lowest BCUT2D eigenvalue weighted by Gasteiger charge is -2.13. The Hall–Kier alpha value is -1.00. The van der Waals surface area contributed by atoms with Gasteiger partial charge in [-0.15, -0.1) is 0 Å². The van der Waals surface area contributed by atoms with Gasteiger partial charge in [0.1, 0.15) is 6.61 Å². The van der Waals surface area contributed by atoms with Crippen LogP contribution in [0.4, 0.5) is 0 Å². The van der Waals surface area contributed by atoms with E-state index >= 15 is 0 Å². The summed E-state index contributed by atoms with van der Waals surface area (Å²) in [5.41, 5.74) is 0.568. The van der Waals surface area contributed by atoms with Gasteiger partial charge in [0.2, 0.25) is 10.0 Å². The molecule has 1 atom stereocenters. The van der Waals surface area contributed by atoms with E-state index < -0.39 is 10.0 Å². The monoisotopic (exact) mass is 313 g/mol. The van der Waals surface area contributed by atoms with Crippen LogP contribution < -0.4 is 4.72 Å². The zero-order valence-corrected chi connectivity index (χ0v) is 13.2. The number of hydrogen-bond acceptors (Lipinski definition) is 4. The molecule has 0 radical (unpaired) electrons. The molecule has 0 spiro atoms. The van der Waals surface area contributed by atoms with E-state index in [0.717, 1.165) is 12.2 Å². The molecule has 0 aliphatic rings. The summed E-state index contributed by atoms with van der Waals surface area (Å²) in [5.74, 6) is 6.11. The number of sulfonamides is 1. The fourth-order valence-electron chi connectivity index (χ4n) is 1.57. The molecule has 110 valence electrons. The molecule has 0 bridgehead atoms. The van der Waals surface area contributed by atoms with Crippen molar-refractivity contribution in [1.29, 1.82) is 0 Å². The maximum Gasteiger partial charge on any atom is 0.240 e. The van der Waals surface area contributed by atoms with Crippen LogP contribution in [0.3, 0.4) is 0 Å². The van der Waals surface area contributed by atoms with Crippen molar-refractivity contribution in [1.82, 2.24) is 4.72 Å². The Kier molecular flexibility index (Phi) is 7.10. The Morgan fingerprint density at radius 3 is 2.85 bits per heavy atom. The molecule has 0 saturated carbocycles. The predicted molar refractivity (Wildman–Crippen MR) is 83.2 cm³/mol. The van der Waals surface area contributed by atoms with Crippen molar-refractivity contribution >= 4 is 21.8 Å². The van der Waals surface area contributed by atoms with E-state index in [2.05, 4.69) is 16.6 Å². The SMILES string of the molecule is CSCCC(C)NS(=O)(=O)c1cccc(C#CCO)c1. The van der Waals surface area contributed by atoms with Gasteiger partial charge >= 0.3 is 0 Å². The highest BCUT2D eigenvalue weighted by Crippen LogP contribution is 2.12. The molecule has 4 nitrogen and oxygen atoms in total. The van der Waals surface area contributed by atoms with Crippen molar-refractivity contribution in [2.45, 2.75) is 24.3 Å². The summed E-state index contributed by atoms with van der Waals surface area (Å²) in [5, 5.41) is 8.65. The molecular weight excluding hydrogens is 294 g/mol. The maximum absolute atomic E-state index is 12.2. The van der Waals surface area contributed by atoms with Crippen LogP contribution in [0.25, 0.3) is 0 Å². The van der Waals surface area contributed by atoms with E-state index in [1.54, 1.807) is 23.9 Å². The molecule has 1 rings (SSSR count). The van der Waals surface area contributed by atoms with E-state index in [-0.39, 0.29) is 17.5 Å². The standard InChI is InChI=1S/C14H19NO3S2/c1-12(8-10-19-2)15-20(17,18)14-7-3-5-13(11-14)6-4-9-16/h3,5,7,11-12,15-16H,8-10H2,1-2H3. The zero-order chi connectivity index (χ0) is 15.0. The second-order valence-electron chi connectivity index (χ2n) is 4.29. The van der Waals surface area contributed by atoms with E-state index in [4.69, 9.17) is 5.11 Å². The summed E-state index contributed by atoms with van der Waals surface area (Å²) >= 11 is 1.69. The van der Waals surface area contributed by atoms with Gasteiger partial charge in [0, 0.05) is 11.6 Å². The fraction of sp³-hybridized carbons (Fsp3) is 0.429. The predicted octanol–water partition coefficient (Wildman–Crippen LogP) is 1.45. The molecular formula is C14H19NO3S2. The topological polar surface area (TPSA) is 66.4 Å².